The molecule has 4 heteroatoms. The van der Waals surface area contributed by atoms with E-state index in [4.69, 9.17) is 4.74 Å². The van der Waals surface area contributed by atoms with Gasteiger partial charge in [0.2, 0.25) is 0 Å². The summed E-state index contributed by atoms with van der Waals surface area (Å²) in [5.41, 5.74) is 1.87. The summed E-state index contributed by atoms with van der Waals surface area (Å²) in [5.74, 6) is -0.0193. The van der Waals surface area contributed by atoms with E-state index in [1.165, 1.54) is 5.56 Å². The third kappa shape index (κ3) is 5.18. The van der Waals surface area contributed by atoms with Gasteiger partial charge < -0.3 is 33.2 Å². The lowest BCUT2D eigenvalue weighted by molar-refractivity contribution is -0.936. The third-order valence-electron chi connectivity index (χ3n) is 5.91. The highest BCUT2D eigenvalue weighted by Gasteiger charge is 2.36. The van der Waals surface area contributed by atoms with Gasteiger partial charge in [-0.05, 0) is 33.3 Å². The summed E-state index contributed by atoms with van der Waals surface area (Å²) in [6.07, 6.45) is 0. The van der Waals surface area contributed by atoms with Gasteiger partial charge in [0.15, 0.2) is 11.4 Å². The molecule has 0 aliphatic heterocycles. The minimum Gasteiger partial charge on any atom is -1.00 e. The van der Waals surface area contributed by atoms with Crippen molar-refractivity contribution < 1.29 is 38.0 Å². The highest BCUT2D eigenvalue weighted by molar-refractivity contribution is 6.02. The predicted molar refractivity (Wildman–Crippen MR) is 107 cm³/mol. The number of ketones is 1. The second-order valence-electron chi connectivity index (χ2n) is 7.08. The second kappa shape index (κ2) is 10.3. The third-order valence-corrected chi connectivity index (χ3v) is 5.91. The van der Waals surface area contributed by atoms with Crippen LogP contribution in [0.15, 0.2) is 54.6 Å². The Balaban J connectivity index is 0.00000364. The summed E-state index contributed by atoms with van der Waals surface area (Å²) in [5, 5.41) is 0. The van der Waals surface area contributed by atoms with Crippen molar-refractivity contribution in [3.8, 4) is 0 Å². The van der Waals surface area contributed by atoms with E-state index in [0.717, 1.165) is 36.2 Å². The molecule has 2 aromatic carbocycles. The number of halogens is 1. The molecule has 0 radical (unpaired) electrons. The average molecular weight is 481 g/mol. The van der Waals surface area contributed by atoms with Crippen LogP contribution < -0.4 is 24.0 Å². The van der Waals surface area contributed by atoms with Crippen LogP contribution in [0, 0.1) is 0 Å². The lowest BCUT2D eigenvalue weighted by atomic mass is 9.87. The van der Waals surface area contributed by atoms with Crippen LogP contribution in [0.25, 0.3) is 0 Å². The maximum atomic E-state index is 13.0. The van der Waals surface area contributed by atoms with Gasteiger partial charge in [-0.1, -0.05) is 54.6 Å². The quantitative estimate of drug-likeness (QED) is 0.310. The van der Waals surface area contributed by atoms with Gasteiger partial charge in [-0.15, -0.1) is 0 Å². The molecule has 0 spiro atoms. The van der Waals surface area contributed by atoms with Gasteiger partial charge in [-0.25, -0.2) is 0 Å². The van der Waals surface area contributed by atoms with Crippen molar-refractivity contribution >= 4 is 5.78 Å². The van der Waals surface area contributed by atoms with Crippen molar-refractivity contribution in [2.45, 2.75) is 39.8 Å². The van der Waals surface area contributed by atoms with E-state index in [0.29, 0.717) is 5.56 Å². The van der Waals surface area contributed by atoms with Gasteiger partial charge in [0, 0.05) is 18.2 Å². The molecule has 0 aliphatic carbocycles. The number of nitrogens with zero attached hydrogens (tertiary/aromatic N) is 1. The van der Waals surface area contributed by atoms with Crippen molar-refractivity contribution in [3.63, 3.8) is 0 Å². The Morgan fingerprint density at radius 1 is 0.926 bits per heavy atom. The number of benzene rings is 2. The smallest absolute Gasteiger partial charge is 0.198 e. The molecule has 0 fully saturated rings. The minimum absolute atomic E-state index is 0. The van der Waals surface area contributed by atoms with Crippen LogP contribution in [-0.2, 0) is 16.9 Å². The fraction of sp³-hybridized carbons (Fsp3) is 0.435. The number of ether oxygens (including phenoxy) is 1. The summed E-state index contributed by atoms with van der Waals surface area (Å²) in [6.45, 7) is 13.0. The molecule has 0 saturated carbocycles. The fourth-order valence-electron chi connectivity index (χ4n) is 3.53. The number of rotatable bonds is 9. The van der Waals surface area contributed by atoms with E-state index in [-0.39, 0.29) is 29.8 Å². The SMILES string of the molecule is CC[N+](CC)(CC)Cc1ccc(C(C)(OC)C(=O)c2ccccc2)cc1.[I-]. The Hall–Kier alpha value is -1.24. The van der Waals surface area contributed by atoms with Gasteiger partial charge in [0.1, 0.15) is 6.54 Å². The van der Waals surface area contributed by atoms with Gasteiger partial charge in [0.25, 0.3) is 0 Å². The Bertz CT molecular complexity index is 703. The second-order valence-corrected chi connectivity index (χ2v) is 7.08. The molecule has 3 nitrogen and oxygen atoms in total. The molecule has 0 amide bonds. The number of hydrogen-bond donors (Lipinski definition) is 0. The van der Waals surface area contributed by atoms with Crippen LogP contribution in [0.4, 0.5) is 0 Å². The van der Waals surface area contributed by atoms with Crippen LogP contribution in [0.3, 0.4) is 0 Å². The molecule has 27 heavy (non-hydrogen) atoms. The minimum atomic E-state index is -0.980. The standard InChI is InChI=1S/C23H32NO2.HI/c1-6-24(7-2,8-3)18-19-14-16-21(17-15-19)23(4,26-5)22(25)20-12-10-9-11-13-20;/h9-17H,6-8,18H2,1-5H3;1H/q+1;/p-1. The molecule has 2 aromatic rings. The van der Waals surface area contributed by atoms with Crippen LogP contribution in [0.1, 0.15) is 49.2 Å². The fourth-order valence-corrected chi connectivity index (χ4v) is 3.53. The molecular weight excluding hydrogens is 449 g/mol. The normalized spacial score (nSPS) is 13.5. The first-order valence-electron chi connectivity index (χ1n) is 9.54. The first kappa shape index (κ1) is 23.8. The largest absolute Gasteiger partial charge is 1.00 e. The van der Waals surface area contributed by atoms with E-state index in [2.05, 4.69) is 32.9 Å². The molecule has 0 aromatic heterocycles. The maximum Gasteiger partial charge on any atom is 0.198 e. The number of methoxy groups -OCH3 is 1. The van der Waals surface area contributed by atoms with E-state index in [1.807, 2.05) is 49.4 Å². The van der Waals surface area contributed by atoms with Crippen molar-refractivity contribution in [1.29, 1.82) is 0 Å². The number of hydrogen-bond acceptors (Lipinski definition) is 2. The summed E-state index contributed by atoms with van der Waals surface area (Å²) < 4.78 is 6.76. The molecule has 0 aliphatic rings. The number of Topliss-reactive ketones (excluding diaryl/α,β-unsaturated/α-hetero) is 1. The molecular formula is C23H32INO2. The molecule has 0 bridgehead atoms. The molecule has 0 N–H and O–H groups in total. The molecule has 1 unspecified atom stereocenters. The zero-order chi connectivity index (χ0) is 19.2. The summed E-state index contributed by atoms with van der Waals surface area (Å²) in [4.78, 5) is 13.0. The first-order chi connectivity index (χ1) is 12.4. The lowest BCUT2D eigenvalue weighted by Crippen LogP contribution is -3.00. The highest BCUT2D eigenvalue weighted by atomic mass is 127. The van der Waals surface area contributed by atoms with Crippen LogP contribution in [-0.4, -0.2) is 37.0 Å². The summed E-state index contributed by atoms with van der Waals surface area (Å²) >= 11 is 0. The van der Waals surface area contributed by atoms with Gasteiger partial charge in [-0.2, -0.15) is 0 Å². The van der Waals surface area contributed by atoms with Crippen molar-refractivity contribution in [2.75, 3.05) is 26.7 Å². The molecule has 148 valence electrons. The topological polar surface area (TPSA) is 26.3 Å². The van der Waals surface area contributed by atoms with E-state index in [1.54, 1.807) is 7.11 Å². The average Bonchev–Trinajstić information content (AvgIpc) is 2.72. The van der Waals surface area contributed by atoms with Gasteiger partial charge in [0.05, 0.1) is 19.6 Å². The highest BCUT2D eigenvalue weighted by Crippen LogP contribution is 2.30. The zero-order valence-electron chi connectivity index (χ0n) is 17.2. The van der Waals surface area contributed by atoms with E-state index in [9.17, 15) is 4.79 Å². The Kier molecular flexibility index (Phi) is 9.12. The molecule has 1 atom stereocenters. The van der Waals surface area contributed by atoms with Crippen molar-refractivity contribution in [1.82, 2.24) is 0 Å². The molecule has 2 rings (SSSR count). The van der Waals surface area contributed by atoms with Crippen LogP contribution in [0.5, 0.6) is 0 Å². The Labute approximate surface area is 181 Å². The maximum absolute atomic E-state index is 13.0. The Morgan fingerprint density at radius 2 is 1.44 bits per heavy atom. The number of quaternary nitrogens is 1. The van der Waals surface area contributed by atoms with E-state index < -0.39 is 5.60 Å². The van der Waals surface area contributed by atoms with Crippen LogP contribution >= 0.6 is 0 Å². The number of carbonyl (C=O) groups is 1. The summed E-state index contributed by atoms with van der Waals surface area (Å²) in [6, 6.07) is 17.7. The zero-order valence-corrected chi connectivity index (χ0v) is 19.3. The first-order valence-corrected chi connectivity index (χ1v) is 9.54. The molecule has 0 heterocycles. The monoisotopic (exact) mass is 481 g/mol. The van der Waals surface area contributed by atoms with Crippen LogP contribution in [0.2, 0.25) is 0 Å². The van der Waals surface area contributed by atoms with Gasteiger partial charge in [-0.3, -0.25) is 4.79 Å². The van der Waals surface area contributed by atoms with E-state index >= 15 is 0 Å². The van der Waals surface area contributed by atoms with Crippen molar-refractivity contribution in [2.24, 2.45) is 0 Å². The van der Waals surface area contributed by atoms with Crippen molar-refractivity contribution in [3.05, 3.63) is 71.3 Å². The Morgan fingerprint density at radius 3 is 1.89 bits per heavy atom. The summed E-state index contributed by atoms with van der Waals surface area (Å²) in [7, 11) is 1.60. The van der Waals surface area contributed by atoms with Gasteiger partial charge >= 0.3 is 0 Å². The lowest BCUT2D eigenvalue weighted by Gasteiger charge is -2.36. The number of carbonyl (C=O) groups excluding carboxylic acids is 1. The predicted octanol–water partition coefficient (Wildman–Crippen LogP) is 1.81. The molecule has 0 saturated heterocycles.